The molecular formula is C22H30N4O2. The molecule has 0 saturated carbocycles. The number of hydrogen-bond acceptors (Lipinski definition) is 4. The van der Waals surface area contributed by atoms with Crippen LogP contribution in [0.15, 0.2) is 53.5 Å². The molecule has 1 aliphatic rings. The van der Waals surface area contributed by atoms with Crippen molar-refractivity contribution in [3.63, 3.8) is 0 Å². The van der Waals surface area contributed by atoms with Gasteiger partial charge in [-0.3, -0.25) is 4.99 Å². The molecule has 0 amide bonds. The number of rotatable bonds is 6. The van der Waals surface area contributed by atoms with Gasteiger partial charge in [-0.05, 0) is 37.1 Å². The van der Waals surface area contributed by atoms with Crippen molar-refractivity contribution in [2.24, 2.45) is 4.99 Å². The average molecular weight is 383 g/mol. The molecule has 0 radical (unpaired) electrons. The lowest BCUT2D eigenvalue weighted by Gasteiger charge is -2.37. The summed E-state index contributed by atoms with van der Waals surface area (Å²) in [4.78, 5) is 9.51. The number of nitrogens with zero attached hydrogens (tertiary/aromatic N) is 3. The first-order valence-electron chi connectivity index (χ1n) is 9.91. The Hall–Kier alpha value is -2.89. The van der Waals surface area contributed by atoms with E-state index < -0.39 is 0 Å². The molecule has 2 aromatic carbocycles. The number of guanidine groups is 1. The second-order valence-electron chi connectivity index (χ2n) is 6.76. The van der Waals surface area contributed by atoms with Crippen LogP contribution in [0.2, 0.25) is 0 Å². The Balaban J connectivity index is 1.59. The van der Waals surface area contributed by atoms with E-state index >= 15 is 0 Å². The highest BCUT2D eigenvalue weighted by molar-refractivity contribution is 5.80. The van der Waals surface area contributed by atoms with Crippen molar-refractivity contribution in [3.05, 3.63) is 54.1 Å². The number of ether oxygens (including phenoxy) is 1. The fourth-order valence-electron chi connectivity index (χ4n) is 3.46. The van der Waals surface area contributed by atoms with Crippen LogP contribution < -0.4 is 15.0 Å². The zero-order valence-corrected chi connectivity index (χ0v) is 16.8. The summed E-state index contributed by atoms with van der Waals surface area (Å²) in [5, 5.41) is 13.6. The van der Waals surface area contributed by atoms with Crippen molar-refractivity contribution in [2.45, 2.75) is 13.3 Å². The van der Waals surface area contributed by atoms with E-state index in [9.17, 15) is 5.11 Å². The van der Waals surface area contributed by atoms with Gasteiger partial charge in [0.25, 0.3) is 0 Å². The molecule has 0 unspecified atom stereocenters. The lowest BCUT2D eigenvalue weighted by molar-refractivity contribution is 0.369. The zero-order chi connectivity index (χ0) is 19.8. The number of methoxy groups -OCH3 is 1. The number of phenolic OH excluding ortho intramolecular Hbond substituents is 1. The van der Waals surface area contributed by atoms with Crippen LogP contribution in [0, 0.1) is 0 Å². The van der Waals surface area contributed by atoms with Crippen LogP contribution in [-0.2, 0) is 6.42 Å². The monoisotopic (exact) mass is 382 g/mol. The predicted octanol–water partition coefficient (Wildman–Crippen LogP) is 2.73. The van der Waals surface area contributed by atoms with Crippen molar-refractivity contribution in [3.8, 4) is 11.5 Å². The first-order chi connectivity index (χ1) is 13.7. The topological polar surface area (TPSA) is 60.3 Å². The molecule has 2 aromatic rings. The summed E-state index contributed by atoms with van der Waals surface area (Å²) in [5.74, 6) is 1.66. The van der Waals surface area contributed by atoms with Gasteiger partial charge in [0.2, 0.25) is 0 Å². The molecule has 6 heteroatoms. The highest BCUT2D eigenvalue weighted by atomic mass is 16.5. The molecular weight excluding hydrogens is 352 g/mol. The fraction of sp³-hybridized carbons (Fsp3) is 0.409. The van der Waals surface area contributed by atoms with E-state index in [1.807, 2.05) is 12.1 Å². The molecule has 1 saturated heterocycles. The number of para-hydroxylation sites is 2. The standard InChI is InChI=1S/C22H30N4O2/c1-3-23-22(24-13-12-18-8-7-11-20(28-2)21(18)27)26-16-14-25(15-17-26)19-9-5-4-6-10-19/h4-11,27H,3,12-17H2,1-2H3,(H,23,24). The van der Waals surface area contributed by atoms with Crippen molar-refractivity contribution >= 4 is 11.6 Å². The molecule has 150 valence electrons. The molecule has 1 heterocycles. The van der Waals surface area contributed by atoms with Crippen molar-refractivity contribution in [1.82, 2.24) is 10.2 Å². The maximum Gasteiger partial charge on any atom is 0.194 e. The Labute approximate surface area is 167 Å². The van der Waals surface area contributed by atoms with E-state index in [0.717, 1.165) is 44.2 Å². The SMILES string of the molecule is CCNC(=NCCc1cccc(OC)c1O)N1CCN(c2ccccc2)CC1. The molecule has 1 fully saturated rings. The largest absolute Gasteiger partial charge is 0.504 e. The Kier molecular flexibility index (Phi) is 7.00. The highest BCUT2D eigenvalue weighted by Crippen LogP contribution is 2.29. The molecule has 1 aliphatic heterocycles. The van der Waals surface area contributed by atoms with Gasteiger partial charge in [0.1, 0.15) is 0 Å². The van der Waals surface area contributed by atoms with E-state index in [1.165, 1.54) is 5.69 Å². The van der Waals surface area contributed by atoms with Gasteiger partial charge in [0, 0.05) is 45.0 Å². The van der Waals surface area contributed by atoms with Gasteiger partial charge >= 0.3 is 0 Å². The molecule has 0 spiro atoms. The van der Waals surface area contributed by atoms with Crippen molar-refractivity contribution in [2.75, 3.05) is 51.3 Å². The second kappa shape index (κ2) is 9.88. The summed E-state index contributed by atoms with van der Waals surface area (Å²) in [6.07, 6.45) is 0.669. The smallest absolute Gasteiger partial charge is 0.194 e. The minimum atomic E-state index is 0.210. The van der Waals surface area contributed by atoms with Crippen LogP contribution in [0.5, 0.6) is 11.5 Å². The summed E-state index contributed by atoms with van der Waals surface area (Å²) in [6, 6.07) is 16.1. The highest BCUT2D eigenvalue weighted by Gasteiger charge is 2.19. The average Bonchev–Trinajstić information content (AvgIpc) is 2.75. The number of phenols is 1. The number of hydrogen-bond donors (Lipinski definition) is 2. The van der Waals surface area contributed by atoms with E-state index in [2.05, 4.69) is 52.4 Å². The van der Waals surface area contributed by atoms with Crippen molar-refractivity contribution < 1.29 is 9.84 Å². The van der Waals surface area contributed by atoms with Gasteiger partial charge < -0.3 is 25.0 Å². The third kappa shape index (κ3) is 4.88. The number of aromatic hydroxyl groups is 1. The summed E-state index contributed by atoms with van der Waals surface area (Å²) < 4.78 is 5.18. The fourth-order valence-corrected chi connectivity index (χ4v) is 3.46. The van der Waals surface area contributed by atoms with Crippen LogP contribution in [-0.4, -0.2) is 62.3 Å². The van der Waals surface area contributed by atoms with Crippen LogP contribution in [0.4, 0.5) is 5.69 Å². The Bertz CT molecular complexity index is 771. The predicted molar refractivity (Wildman–Crippen MR) is 115 cm³/mol. The Morgan fingerprint density at radius 2 is 1.82 bits per heavy atom. The Morgan fingerprint density at radius 3 is 2.50 bits per heavy atom. The normalized spacial score (nSPS) is 14.9. The summed E-state index contributed by atoms with van der Waals surface area (Å²) in [5.41, 5.74) is 2.13. The van der Waals surface area contributed by atoms with Crippen LogP contribution in [0.3, 0.4) is 0 Å². The van der Waals surface area contributed by atoms with E-state index in [1.54, 1.807) is 13.2 Å². The lowest BCUT2D eigenvalue weighted by Crippen LogP contribution is -2.52. The van der Waals surface area contributed by atoms with Gasteiger partial charge in [0.15, 0.2) is 17.5 Å². The summed E-state index contributed by atoms with van der Waals surface area (Å²) in [6.45, 7) is 7.36. The van der Waals surface area contributed by atoms with Crippen LogP contribution in [0.1, 0.15) is 12.5 Å². The van der Waals surface area contributed by atoms with E-state index in [-0.39, 0.29) is 5.75 Å². The first-order valence-corrected chi connectivity index (χ1v) is 9.91. The maximum absolute atomic E-state index is 10.2. The van der Waals surface area contributed by atoms with Crippen molar-refractivity contribution in [1.29, 1.82) is 0 Å². The second-order valence-corrected chi connectivity index (χ2v) is 6.76. The molecule has 0 aromatic heterocycles. The maximum atomic E-state index is 10.2. The minimum Gasteiger partial charge on any atom is -0.504 e. The van der Waals surface area contributed by atoms with Gasteiger partial charge in [0.05, 0.1) is 7.11 Å². The molecule has 3 rings (SSSR count). The van der Waals surface area contributed by atoms with Gasteiger partial charge in [-0.1, -0.05) is 30.3 Å². The van der Waals surface area contributed by atoms with E-state index in [0.29, 0.717) is 18.7 Å². The zero-order valence-electron chi connectivity index (χ0n) is 16.8. The Morgan fingerprint density at radius 1 is 1.07 bits per heavy atom. The third-order valence-electron chi connectivity index (χ3n) is 4.98. The van der Waals surface area contributed by atoms with Gasteiger partial charge in [-0.25, -0.2) is 0 Å². The number of aliphatic imine (C=N–C) groups is 1. The number of nitrogens with one attached hydrogen (secondary N) is 1. The van der Waals surface area contributed by atoms with Crippen LogP contribution >= 0.6 is 0 Å². The molecule has 28 heavy (non-hydrogen) atoms. The number of piperazine rings is 1. The van der Waals surface area contributed by atoms with Crippen LogP contribution in [0.25, 0.3) is 0 Å². The lowest BCUT2D eigenvalue weighted by atomic mass is 10.1. The summed E-state index contributed by atoms with van der Waals surface area (Å²) in [7, 11) is 1.56. The third-order valence-corrected chi connectivity index (χ3v) is 4.98. The molecule has 6 nitrogen and oxygen atoms in total. The quantitative estimate of drug-likeness (QED) is 0.594. The van der Waals surface area contributed by atoms with Gasteiger partial charge in [-0.2, -0.15) is 0 Å². The molecule has 2 N–H and O–H groups in total. The number of anilines is 1. The van der Waals surface area contributed by atoms with E-state index in [4.69, 9.17) is 9.73 Å². The summed E-state index contributed by atoms with van der Waals surface area (Å²) >= 11 is 0. The van der Waals surface area contributed by atoms with Gasteiger partial charge in [-0.15, -0.1) is 0 Å². The number of benzene rings is 2. The first kappa shape index (κ1) is 19.9. The molecule has 0 atom stereocenters. The molecule has 0 bridgehead atoms. The molecule has 0 aliphatic carbocycles. The minimum absolute atomic E-state index is 0.210.